The average molecular weight is 304 g/mol. The zero-order chi connectivity index (χ0) is 14.9. The Labute approximate surface area is 125 Å². The van der Waals surface area contributed by atoms with Crippen molar-refractivity contribution in [2.24, 2.45) is 0 Å². The monoisotopic (exact) mass is 304 g/mol. The second kappa shape index (κ2) is 5.66. The second-order valence-corrected chi connectivity index (χ2v) is 7.87. The van der Waals surface area contributed by atoms with Crippen LogP contribution in [0.4, 0.5) is 0 Å². The minimum atomic E-state index is -2.94. The average Bonchev–Trinajstić information content (AvgIpc) is 2.93. The molecule has 1 aliphatic rings. The molecule has 2 heterocycles. The van der Waals surface area contributed by atoms with Crippen LogP contribution in [0.2, 0.25) is 0 Å². The van der Waals surface area contributed by atoms with Gasteiger partial charge in [0, 0.05) is 37.8 Å². The molecule has 3 rings (SSSR count). The lowest BCUT2D eigenvalue weighted by atomic mass is 10.0. The van der Waals surface area contributed by atoms with E-state index in [0.29, 0.717) is 6.54 Å². The first-order chi connectivity index (χ1) is 10.0. The smallest absolute Gasteiger partial charge is 0.148 e. The summed E-state index contributed by atoms with van der Waals surface area (Å²) in [7, 11) is -2.94. The molecule has 2 aromatic rings. The normalized spacial score (nSPS) is 19.4. The Kier molecular flexibility index (Phi) is 3.87. The molecule has 0 fully saturated rings. The molecule has 5 heteroatoms. The molecule has 0 aliphatic carbocycles. The largest absolute Gasteiger partial charge is 0.348 e. The Bertz CT molecular complexity index is 707. The molecule has 0 amide bonds. The molecule has 0 bridgehead atoms. The van der Waals surface area contributed by atoms with Crippen molar-refractivity contribution in [2.45, 2.75) is 12.6 Å². The van der Waals surface area contributed by atoms with Crippen LogP contribution in [0, 0.1) is 0 Å². The molecule has 0 spiro atoms. The lowest BCUT2D eigenvalue weighted by molar-refractivity contribution is 0.194. The molecule has 1 atom stereocenters. The first-order valence-corrected chi connectivity index (χ1v) is 9.22. The van der Waals surface area contributed by atoms with Crippen LogP contribution in [0.3, 0.4) is 0 Å². The Morgan fingerprint density at radius 3 is 2.57 bits per heavy atom. The molecule has 0 saturated carbocycles. The molecule has 0 saturated heterocycles. The second-order valence-electron chi connectivity index (χ2n) is 5.61. The zero-order valence-corrected chi connectivity index (χ0v) is 13.0. The van der Waals surface area contributed by atoms with Crippen molar-refractivity contribution in [3.8, 4) is 0 Å². The van der Waals surface area contributed by atoms with Gasteiger partial charge in [0.1, 0.15) is 9.84 Å². The summed E-state index contributed by atoms with van der Waals surface area (Å²) in [4.78, 5) is 2.27. The van der Waals surface area contributed by atoms with Gasteiger partial charge < -0.3 is 4.57 Å². The van der Waals surface area contributed by atoms with Crippen LogP contribution in [0.25, 0.3) is 0 Å². The van der Waals surface area contributed by atoms with Crippen molar-refractivity contribution in [1.82, 2.24) is 9.47 Å². The van der Waals surface area contributed by atoms with E-state index in [1.165, 1.54) is 17.5 Å². The van der Waals surface area contributed by atoms with Crippen LogP contribution in [-0.2, 0) is 16.4 Å². The maximum absolute atomic E-state index is 11.5. The van der Waals surface area contributed by atoms with E-state index in [1.54, 1.807) is 0 Å². The highest BCUT2D eigenvalue weighted by atomic mass is 32.2. The van der Waals surface area contributed by atoms with Crippen LogP contribution >= 0.6 is 0 Å². The van der Waals surface area contributed by atoms with Crippen LogP contribution in [0.5, 0.6) is 0 Å². The van der Waals surface area contributed by atoms with Gasteiger partial charge in [0.15, 0.2) is 0 Å². The van der Waals surface area contributed by atoms with Crippen LogP contribution in [0.15, 0.2) is 48.7 Å². The summed E-state index contributed by atoms with van der Waals surface area (Å²) < 4.78 is 25.2. The molecule has 0 unspecified atom stereocenters. The SMILES string of the molecule is CS(=O)(=O)CCN1CCn2cccc2[C@H]1c1ccccc1. The molecule has 1 aliphatic heterocycles. The summed E-state index contributed by atoms with van der Waals surface area (Å²) >= 11 is 0. The topological polar surface area (TPSA) is 42.3 Å². The number of fused-ring (bicyclic) bond motifs is 1. The zero-order valence-electron chi connectivity index (χ0n) is 12.1. The van der Waals surface area contributed by atoms with Crippen molar-refractivity contribution >= 4 is 9.84 Å². The number of sulfone groups is 1. The van der Waals surface area contributed by atoms with Crippen LogP contribution < -0.4 is 0 Å². The Morgan fingerprint density at radius 1 is 1.10 bits per heavy atom. The van der Waals surface area contributed by atoms with Gasteiger partial charge in [-0.1, -0.05) is 30.3 Å². The lowest BCUT2D eigenvalue weighted by Crippen LogP contribution is -2.40. The third-order valence-corrected chi connectivity index (χ3v) is 4.93. The van der Waals surface area contributed by atoms with Crippen molar-refractivity contribution < 1.29 is 8.42 Å². The number of nitrogens with zero attached hydrogens (tertiary/aromatic N) is 2. The maximum Gasteiger partial charge on any atom is 0.148 e. The minimum Gasteiger partial charge on any atom is -0.348 e. The van der Waals surface area contributed by atoms with Crippen molar-refractivity contribution in [3.63, 3.8) is 0 Å². The fourth-order valence-electron chi connectivity index (χ4n) is 2.97. The lowest BCUT2D eigenvalue weighted by Gasteiger charge is -2.37. The van der Waals surface area contributed by atoms with E-state index in [1.807, 2.05) is 18.2 Å². The minimum absolute atomic E-state index is 0.136. The first-order valence-electron chi connectivity index (χ1n) is 7.16. The molecular formula is C16H20N2O2S. The van der Waals surface area contributed by atoms with E-state index < -0.39 is 9.84 Å². The Morgan fingerprint density at radius 2 is 1.86 bits per heavy atom. The van der Waals surface area contributed by atoms with E-state index in [2.05, 4.69) is 39.9 Å². The van der Waals surface area contributed by atoms with E-state index in [0.717, 1.165) is 13.1 Å². The molecular weight excluding hydrogens is 284 g/mol. The summed E-state index contributed by atoms with van der Waals surface area (Å²) in [6.07, 6.45) is 3.40. The van der Waals surface area contributed by atoms with Gasteiger partial charge >= 0.3 is 0 Å². The number of hydrogen-bond acceptors (Lipinski definition) is 3. The summed E-state index contributed by atoms with van der Waals surface area (Å²) in [6, 6.07) is 14.6. The van der Waals surface area contributed by atoms with Gasteiger partial charge in [-0.3, -0.25) is 4.90 Å². The highest BCUT2D eigenvalue weighted by Crippen LogP contribution is 2.31. The number of rotatable bonds is 4. The van der Waals surface area contributed by atoms with E-state index >= 15 is 0 Å². The number of benzene rings is 1. The summed E-state index contributed by atoms with van der Waals surface area (Å²) in [6.45, 7) is 2.36. The molecule has 1 aromatic carbocycles. The van der Waals surface area contributed by atoms with Gasteiger partial charge in [-0.15, -0.1) is 0 Å². The van der Waals surface area contributed by atoms with Gasteiger partial charge in [0.2, 0.25) is 0 Å². The standard InChI is InChI=1S/C16H20N2O2S/c1-21(19,20)13-12-18-11-10-17-9-5-8-15(17)16(18)14-6-3-2-4-7-14/h2-9,16H,10-13H2,1H3/t16-/m1/s1. The molecule has 4 nitrogen and oxygen atoms in total. The number of hydrogen-bond donors (Lipinski definition) is 0. The van der Waals surface area contributed by atoms with Gasteiger partial charge in [0.25, 0.3) is 0 Å². The van der Waals surface area contributed by atoms with Gasteiger partial charge in [-0.05, 0) is 17.7 Å². The van der Waals surface area contributed by atoms with Crippen LogP contribution in [-0.4, -0.2) is 43.0 Å². The maximum atomic E-state index is 11.5. The van der Waals surface area contributed by atoms with Crippen molar-refractivity contribution in [3.05, 3.63) is 59.9 Å². The first kappa shape index (κ1) is 14.4. The van der Waals surface area contributed by atoms with Crippen molar-refractivity contribution in [1.29, 1.82) is 0 Å². The third kappa shape index (κ3) is 3.19. The van der Waals surface area contributed by atoms with E-state index in [4.69, 9.17) is 0 Å². The van der Waals surface area contributed by atoms with Crippen LogP contribution in [0.1, 0.15) is 17.3 Å². The summed E-state index contributed by atoms with van der Waals surface area (Å²) in [5, 5.41) is 0. The summed E-state index contributed by atoms with van der Waals surface area (Å²) in [5.41, 5.74) is 2.45. The molecule has 21 heavy (non-hydrogen) atoms. The van der Waals surface area contributed by atoms with Gasteiger partial charge in [0.05, 0.1) is 11.8 Å². The fraction of sp³-hybridized carbons (Fsp3) is 0.375. The van der Waals surface area contributed by atoms with Gasteiger partial charge in [-0.2, -0.15) is 0 Å². The Balaban J connectivity index is 1.93. The van der Waals surface area contributed by atoms with Gasteiger partial charge in [-0.25, -0.2) is 8.42 Å². The highest BCUT2D eigenvalue weighted by molar-refractivity contribution is 7.90. The Hall–Kier alpha value is -1.59. The number of aromatic nitrogens is 1. The molecule has 0 N–H and O–H groups in total. The fourth-order valence-corrected chi connectivity index (χ4v) is 3.54. The third-order valence-electron chi connectivity index (χ3n) is 4.00. The summed E-state index contributed by atoms with van der Waals surface area (Å²) in [5.74, 6) is 0.205. The van der Waals surface area contributed by atoms with Crippen molar-refractivity contribution in [2.75, 3.05) is 25.1 Å². The van der Waals surface area contributed by atoms with E-state index in [9.17, 15) is 8.42 Å². The quantitative estimate of drug-likeness (QED) is 0.867. The predicted octanol–water partition coefficient (Wildman–Crippen LogP) is 1.94. The molecule has 112 valence electrons. The molecule has 1 aromatic heterocycles. The van der Waals surface area contributed by atoms with E-state index in [-0.39, 0.29) is 11.8 Å². The highest BCUT2D eigenvalue weighted by Gasteiger charge is 2.28. The predicted molar refractivity (Wildman–Crippen MR) is 84.0 cm³/mol. The molecule has 0 radical (unpaired) electrons.